The molecule has 0 aliphatic carbocycles. The van der Waals surface area contributed by atoms with Crippen molar-refractivity contribution in [1.29, 1.82) is 0 Å². The number of rotatable bonds is 6. The summed E-state index contributed by atoms with van der Waals surface area (Å²) < 4.78 is 5.28. The first kappa shape index (κ1) is 13.4. The Morgan fingerprint density at radius 1 is 1.41 bits per heavy atom. The number of phenolic OH excluding ortho intramolecular Hbond substituents is 1. The van der Waals surface area contributed by atoms with Crippen molar-refractivity contribution in [2.45, 2.75) is 32.7 Å². The van der Waals surface area contributed by atoms with Crippen LogP contribution >= 0.6 is 0 Å². The summed E-state index contributed by atoms with van der Waals surface area (Å²) in [6, 6.07) is 6.46. The lowest BCUT2D eigenvalue weighted by Crippen LogP contribution is -2.35. The van der Waals surface area contributed by atoms with Crippen LogP contribution in [0.15, 0.2) is 24.3 Å². The number of hydrogen-bond donors (Lipinski definition) is 2. The quantitative estimate of drug-likeness (QED) is 0.796. The van der Waals surface area contributed by atoms with Crippen LogP contribution in [-0.4, -0.2) is 23.7 Å². The average molecular weight is 237 g/mol. The van der Waals surface area contributed by atoms with Crippen LogP contribution in [0, 0.1) is 0 Å². The van der Waals surface area contributed by atoms with Crippen LogP contribution < -0.4 is 10.1 Å². The highest BCUT2D eigenvalue weighted by atomic mass is 16.5. The molecule has 1 aromatic rings. The van der Waals surface area contributed by atoms with Gasteiger partial charge in [0.25, 0.3) is 5.91 Å². The van der Waals surface area contributed by atoms with Gasteiger partial charge in [0.05, 0.1) is 0 Å². The van der Waals surface area contributed by atoms with Gasteiger partial charge in [-0.05, 0) is 37.6 Å². The number of carbonyl (C=O) groups is 1. The van der Waals surface area contributed by atoms with Gasteiger partial charge < -0.3 is 15.2 Å². The Morgan fingerprint density at radius 2 is 2.06 bits per heavy atom. The van der Waals surface area contributed by atoms with Gasteiger partial charge in [0.2, 0.25) is 0 Å². The Kier molecular flexibility index (Phi) is 5.33. The summed E-state index contributed by atoms with van der Waals surface area (Å²) in [5, 5.41) is 11.9. The molecule has 1 rings (SSSR count). The molecule has 4 heteroatoms. The number of benzene rings is 1. The van der Waals surface area contributed by atoms with Crippen LogP contribution in [0.4, 0.5) is 0 Å². The summed E-state index contributed by atoms with van der Waals surface area (Å²) >= 11 is 0. The molecule has 17 heavy (non-hydrogen) atoms. The van der Waals surface area contributed by atoms with Crippen LogP contribution in [0.2, 0.25) is 0 Å². The summed E-state index contributed by atoms with van der Waals surface area (Å²) in [7, 11) is 0. The van der Waals surface area contributed by atoms with Gasteiger partial charge in [0, 0.05) is 6.04 Å². The van der Waals surface area contributed by atoms with Gasteiger partial charge in [-0.25, -0.2) is 0 Å². The first-order valence-corrected chi connectivity index (χ1v) is 5.83. The van der Waals surface area contributed by atoms with E-state index in [4.69, 9.17) is 9.84 Å². The van der Waals surface area contributed by atoms with Crippen molar-refractivity contribution < 1.29 is 14.6 Å². The summed E-state index contributed by atoms with van der Waals surface area (Å²) in [6.07, 6.45) is 2.01. The molecule has 0 spiro atoms. The third-order valence-electron chi connectivity index (χ3n) is 2.34. The summed E-state index contributed by atoms with van der Waals surface area (Å²) in [5.41, 5.74) is 0. The standard InChI is InChI=1S/C13H19NO3/c1-3-4-10(2)14-13(16)9-17-12-7-5-11(15)6-8-12/h5-8,10,15H,3-4,9H2,1-2H3,(H,14,16). The van der Waals surface area contributed by atoms with Crippen LogP contribution in [0.3, 0.4) is 0 Å². The van der Waals surface area contributed by atoms with E-state index in [1.165, 1.54) is 12.1 Å². The van der Waals surface area contributed by atoms with E-state index in [1.54, 1.807) is 12.1 Å². The number of nitrogens with one attached hydrogen (secondary N) is 1. The van der Waals surface area contributed by atoms with Crippen molar-refractivity contribution in [2.75, 3.05) is 6.61 Å². The average Bonchev–Trinajstić information content (AvgIpc) is 2.28. The van der Waals surface area contributed by atoms with Crippen molar-refractivity contribution in [2.24, 2.45) is 0 Å². The molecule has 2 N–H and O–H groups in total. The Bertz CT molecular complexity index is 348. The van der Waals surface area contributed by atoms with E-state index in [9.17, 15) is 4.79 Å². The fourth-order valence-electron chi connectivity index (χ4n) is 1.51. The van der Waals surface area contributed by atoms with Crippen molar-refractivity contribution in [3.8, 4) is 11.5 Å². The normalized spacial score (nSPS) is 11.9. The minimum atomic E-state index is -0.126. The van der Waals surface area contributed by atoms with E-state index < -0.39 is 0 Å². The first-order valence-electron chi connectivity index (χ1n) is 5.83. The lowest BCUT2D eigenvalue weighted by Gasteiger charge is -2.13. The van der Waals surface area contributed by atoms with Crippen LogP contribution in [0.5, 0.6) is 11.5 Å². The monoisotopic (exact) mass is 237 g/mol. The van der Waals surface area contributed by atoms with Crippen molar-refractivity contribution in [3.63, 3.8) is 0 Å². The number of amides is 1. The van der Waals surface area contributed by atoms with Gasteiger partial charge in [-0.2, -0.15) is 0 Å². The third kappa shape index (κ3) is 5.24. The zero-order valence-corrected chi connectivity index (χ0v) is 10.3. The molecule has 1 unspecified atom stereocenters. The van der Waals surface area contributed by atoms with Crippen molar-refractivity contribution in [3.05, 3.63) is 24.3 Å². The molecule has 0 radical (unpaired) electrons. The van der Waals surface area contributed by atoms with Crippen molar-refractivity contribution in [1.82, 2.24) is 5.32 Å². The van der Waals surface area contributed by atoms with Gasteiger partial charge in [-0.3, -0.25) is 4.79 Å². The molecule has 4 nitrogen and oxygen atoms in total. The second kappa shape index (κ2) is 6.78. The molecule has 0 bridgehead atoms. The Hall–Kier alpha value is -1.71. The molecular formula is C13H19NO3. The van der Waals surface area contributed by atoms with Gasteiger partial charge in [-0.15, -0.1) is 0 Å². The Morgan fingerprint density at radius 3 is 2.65 bits per heavy atom. The number of aromatic hydroxyl groups is 1. The molecule has 1 amide bonds. The topological polar surface area (TPSA) is 58.6 Å². The fourth-order valence-corrected chi connectivity index (χ4v) is 1.51. The second-order valence-electron chi connectivity index (χ2n) is 4.04. The third-order valence-corrected chi connectivity index (χ3v) is 2.34. The maximum Gasteiger partial charge on any atom is 0.258 e. The molecule has 0 saturated carbocycles. The highest BCUT2D eigenvalue weighted by Gasteiger charge is 2.06. The molecule has 0 saturated heterocycles. The van der Waals surface area contributed by atoms with Gasteiger partial charge in [0.15, 0.2) is 6.61 Å². The smallest absolute Gasteiger partial charge is 0.258 e. The number of phenols is 1. The summed E-state index contributed by atoms with van der Waals surface area (Å²) in [5.74, 6) is 0.624. The largest absolute Gasteiger partial charge is 0.508 e. The maximum absolute atomic E-state index is 11.5. The van der Waals surface area contributed by atoms with E-state index in [1.807, 2.05) is 6.92 Å². The summed E-state index contributed by atoms with van der Waals surface area (Å²) in [4.78, 5) is 11.5. The Balaban J connectivity index is 2.30. The van der Waals surface area contributed by atoms with Crippen LogP contribution in [0.25, 0.3) is 0 Å². The molecule has 0 aromatic heterocycles. The number of hydrogen-bond acceptors (Lipinski definition) is 3. The Labute approximate surface area is 102 Å². The number of ether oxygens (including phenoxy) is 1. The maximum atomic E-state index is 11.5. The van der Waals surface area contributed by atoms with E-state index in [-0.39, 0.29) is 24.3 Å². The predicted octanol–water partition coefficient (Wildman–Crippen LogP) is 2.08. The minimum Gasteiger partial charge on any atom is -0.508 e. The fraction of sp³-hybridized carbons (Fsp3) is 0.462. The molecule has 1 atom stereocenters. The first-order chi connectivity index (χ1) is 8.11. The highest BCUT2D eigenvalue weighted by molar-refractivity contribution is 5.77. The zero-order valence-electron chi connectivity index (χ0n) is 10.3. The van der Waals surface area contributed by atoms with Gasteiger partial charge in [-0.1, -0.05) is 13.3 Å². The minimum absolute atomic E-state index is 0.00116. The van der Waals surface area contributed by atoms with E-state index in [0.717, 1.165) is 12.8 Å². The highest BCUT2D eigenvalue weighted by Crippen LogP contribution is 2.15. The number of carbonyl (C=O) groups excluding carboxylic acids is 1. The SMILES string of the molecule is CCCC(C)NC(=O)COc1ccc(O)cc1. The zero-order chi connectivity index (χ0) is 12.7. The molecule has 0 heterocycles. The predicted molar refractivity (Wildman–Crippen MR) is 66.1 cm³/mol. The molecular weight excluding hydrogens is 218 g/mol. The second-order valence-corrected chi connectivity index (χ2v) is 4.04. The molecule has 0 aliphatic heterocycles. The lowest BCUT2D eigenvalue weighted by atomic mass is 10.2. The molecule has 0 fully saturated rings. The molecule has 94 valence electrons. The van der Waals surface area contributed by atoms with Crippen LogP contribution in [-0.2, 0) is 4.79 Å². The van der Waals surface area contributed by atoms with E-state index in [0.29, 0.717) is 5.75 Å². The van der Waals surface area contributed by atoms with Crippen molar-refractivity contribution >= 4 is 5.91 Å². The van der Waals surface area contributed by atoms with E-state index in [2.05, 4.69) is 12.2 Å². The molecule has 0 aliphatic rings. The van der Waals surface area contributed by atoms with Crippen LogP contribution in [0.1, 0.15) is 26.7 Å². The van der Waals surface area contributed by atoms with Gasteiger partial charge >= 0.3 is 0 Å². The van der Waals surface area contributed by atoms with E-state index >= 15 is 0 Å². The summed E-state index contributed by atoms with van der Waals surface area (Å²) in [6.45, 7) is 4.05. The lowest BCUT2D eigenvalue weighted by molar-refractivity contribution is -0.123. The van der Waals surface area contributed by atoms with Gasteiger partial charge in [0.1, 0.15) is 11.5 Å². The molecule has 1 aromatic carbocycles.